The van der Waals surface area contributed by atoms with Crippen LogP contribution in [0.4, 0.5) is 5.69 Å². The largest absolute Gasteiger partial charge is 0.382 e. The van der Waals surface area contributed by atoms with Crippen LogP contribution in [0.3, 0.4) is 0 Å². The van der Waals surface area contributed by atoms with E-state index in [9.17, 15) is 0 Å². The summed E-state index contributed by atoms with van der Waals surface area (Å²) in [4.78, 5) is 4.44. The van der Waals surface area contributed by atoms with Crippen molar-refractivity contribution in [3.05, 3.63) is 48.9 Å². The topological polar surface area (TPSA) is 42.7 Å². The molecule has 20 heavy (non-hydrogen) atoms. The smallest absolute Gasteiger partial charge is 0.176 e. The van der Waals surface area contributed by atoms with Gasteiger partial charge in [-0.25, -0.2) is 9.67 Å². The third kappa shape index (κ3) is 2.01. The minimum absolute atomic E-state index is 0.760. The monoisotopic (exact) mass is 266 g/mol. The predicted octanol–water partition coefficient (Wildman–Crippen LogP) is 2.89. The Hall–Kier alpha value is -2.10. The Morgan fingerprint density at radius 1 is 1.20 bits per heavy atom. The minimum atomic E-state index is 0.760. The molecule has 1 N–H and O–H groups in total. The van der Waals surface area contributed by atoms with E-state index in [1.165, 1.54) is 12.8 Å². The van der Waals surface area contributed by atoms with Crippen molar-refractivity contribution in [3.8, 4) is 5.82 Å². The maximum Gasteiger partial charge on any atom is 0.176 e. The van der Waals surface area contributed by atoms with Gasteiger partial charge in [0.15, 0.2) is 5.82 Å². The molecule has 2 bridgehead atoms. The van der Waals surface area contributed by atoms with Crippen molar-refractivity contribution in [2.75, 3.05) is 11.9 Å². The van der Waals surface area contributed by atoms with E-state index < -0.39 is 0 Å². The third-order valence-corrected chi connectivity index (χ3v) is 4.48. The molecule has 4 rings (SSSR count). The van der Waals surface area contributed by atoms with E-state index in [-0.39, 0.29) is 0 Å². The SMILES string of the molecule is C1=CC2CC1CC2CNc1cccnc1-n1cccn1. The first-order valence-electron chi connectivity index (χ1n) is 7.27. The average molecular weight is 266 g/mol. The highest BCUT2D eigenvalue weighted by molar-refractivity contribution is 5.56. The molecular formula is C16H18N4. The second kappa shape index (κ2) is 4.78. The molecule has 0 radical (unpaired) electrons. The first-order chi connectivity index (χ1) is 9.90. The zero-order chi connectivity index (χ0) is 13.4. The normalized spacial score (nSPS) is 27.1. The average Bonchev–Trinajstić information content (AvgIpc) is 3.22. The number of nitrogens with zero attached hydrogens (tertiary/aromatic N) is 3. The van der Waals surface area contributed by atoms with Gasteiger partial charge in [0.05, 0.1) is 5.69 Å². The maximum absolute atomic E-state index is 4.44. The van der Waals surface area contributed by atoms with Crippen LogP contribution in [0.15, 0.2) is 48.9 Å². The molecule has 102 valence electrons. The fourth-order valence-electron chi connectivity index (χ4n) is 3.48. The van der Waals surface area contributed by atoms with Gasteiger partial charge in [-0.15, -0.1) is 0 Å². The Morgan fingerprint density at radius 2 is 2.20 bits per heavy atom. The van der Waals surface area contributed by atoms with Gasteiger partial charge >= 0.3 is 0 Å². The summed E-state index contributed by atoms with van der Waals surface area (Å²) >= 11 is 0. The molecule has 4 nitrogen and oxygen atoms in total. The lowest BCUT2D eigenvalue weighted by atomic mass is 9.93. The molecule has 2 heterocycles. The van der Waals surface area contributed by atoms with E-state index in [2.05, 4.69) is 33.6 Å². The van der Waals surface area contributed by atoms with Gasteiger partial charge in [-0.05, 0) is 48.8 Å². The molecule has 3 unspecified atom stereocenters. The first kappa shape index (κ1) is 11.7. The highest BCUT2D eigenvalue weighted by atomic mass is 15.3. The van der Waals surface area contributed by atoms with Gasteiger partial charge in [0.2, 0.25) is 0 Å². The summed E-state index contributed by atoms with van der Waals surface area (Å²) in [5.74, 6) is 3.23. The number of hydrogen-bond acceptors (Lipinski definition) is 3. The maximum atomic E-state index is 4.44. The number of fused-ring (bicyclic) bond motifs is 2. The van der Waals surface area contributed by atoms with Crippen LogP contribution < -0.4 is 5.32 Å². The van der Waals surface area contributed by atoms with Crippen LogP contribution in [-0.4, -0.2) is 21.3 Å². The number of nitrogens with one attached hydrogen (secondary N) is 1. The predicted molar refractivity (Wildman–Crippen MR) is 78.7 cm³/mol. The molecule has 0 spiro atoms. The summed E-state index contributed by atoms with van der Waals surface area (Å²) in [5.41, 5.74) is 1.06. The third-order valence-electron chi connectivity index (χ3n) is 4.48. The number of allylic oxidation sites excluding steroid dienone is 2. The van der Waals surface area contributed by atoms with Crippen molar-refractivity contribution >= 4 is 5.69 Å². The fourth-order valence-corrected chi connectivity index (χ4v) is 3.48. The lowest BCUT2D eigenvalue weighted by Gasteiger charge is -2.20. The van der Waals surface area contributed by atoms with Crippen LogP contribution in [0.25, 0.3) is 5.82 Å². The fraction of sp³-hybridized carbons (Fsp3) is 0.375. The highest BCUT2D eigenvalue weighted by Crippen LogP contribution is 2.43. The first-order valence-corrected chi connectivity index (χ1v) is 7.27. The van der Waals surface area contributed by atoms with Crippen LogP contribution in [-0.2, 0) is 0 Å². The van der Waals surface area contributed by atoms with Gasteiger partial charge in [0, 0.05) is 25.1 Å². The van der Waals surface area contributed by atoms with E-state index in [1.807, 2.05) is 29.2 Å². The van der Waals surface area contributed by atoms with Gasteiger partial charge in [-0.2, -0.15) is 5.10 Å². The van der Waals surface area contributed by atoms with Crippen LogP contribution in [0, 0.1) is 17.8 Å². The number of pyridine rings is 1. The summed E-state index contributed by atoms with van der Waals surface area (Å²) in [5, 5.41) is 7.84. The second-order valence-corrected chi connectivity index (χ2v) is 5.75. The van der Waals surface area contributed by atoms with E-state index in [0.29, 0.717) is 0 Å². The summed E-state index contributed by atoms with van der Waals surface area (Å²) in [7, 11) is 0. The Bertz CT molecular complexity index is 617. The lowest BCUT2D eigenvalue weighted by molar-refractivity contribution is 0.472. The Labute approximate surface area is 118 Å². The van der Waals surface area contributed by atoms with Gasteiger partial charge in [0.25, 0.3) is 0 Å². The van der Waals surface area contributed by atoms with Crippen molar-refractivity contribution in [1.82, 2.24) is 14.8 Å². The molecule has 2 aromatic rings. The quantitative estimate of drug-likeness (QED) is 0.865. The number of rotatable bonds is 4. The van der Waals surface area contributed by atoms with E-state index in [1.54, 1.807) is 6.20 Å². The molecule has 4 heteroatoms. The Balaban J connectivity index is 1.50. The van der Waals surface area contributed by atoms with Crippen LogP contribution >= 0.6 is 0 Å². The van der Waals surface area contributed by atoms with Crippen molar-refractivity contribution in [2.24, 2.45) is 17.8 Å². The Morgan fingerprint density at radius 3 is 2.95 bits per heavy atom. The summed E-state index contributed by atoms with van der Waals surface area (Å²) in [6, 6.07) is 5.96. The molecule has 0 aromatic carbocycles. The molecule has 0 amide bonds. The molecule has 0 aliphatic heterocycles. The molecule has 2 aliphatic rings. The minimum Gasteiger partial charge on any atom is -0.382 e. The summed E-state index contributed by atoms with van der Waals surface area (Å²) < 4.78 is 1.81. The van der Waals surface area contributed by atoms with Crippen molar-refractivity contribution < 1.29 is 0 Å². The molecule has 2 aliphatic carbocycles. The molecule has 3 atom stereocenters. The van der Waals surface area contributed by atoms with Crippen molar-refractivity contribution in [2.45, 2.75) is 12.8 Å². The van der Waals surface area contributed by atoms with Gasteiger partial charge in [-0.3, -0.25) is 0 Å². The number of hydrogen-bond donors (Lipinski definition) is 1. The lowest BCUT2D eigenvalue weighted by Crippen LogP contribution is -2.19. The van der Waals surface area contributed by atoms with E-state index in [0.717, 1.165) is 35.8 Å². The standard InChI is InChI=1S/C16H18N4/c1-3-15(16(17-6-1)20-8-2-7-19-20)18-11-14-10-12-4-5-13(14)9-12/h1-8,12-14,18H,9-11H2. The number of aromatic nitrogens is 3. The zero-order valence-corrected chi connectivity index (χ0v) is 11.3. The molecule has 1 fully saturated rings. The second-order valence-electron chi connectivity index (χ2n) is 5.75. The van der Waals surface area contributed by atoms with Gasteiger partial charge in [0.1, 0.15) is 0 Å². The Kier molecular flexibility index (Phi) is 2.80. The van der Waals surface area contributed by atoms with Crippen LogP contribution in [0.2, 0.25) is 0 Å². The molecule has 1 saturated carbocycles. The summed E-state index contributed by atoms with van der Waals surface area (Å²) in [6.45, 7) is 1.02. The number of anilines is 1. The van der Waals surface area contributed by atoms with Gasteiger partial charge < -0.3 is 5.32 Å². The van der Waals surface area contributed by atoms with Crippen LogP contribution in [0.5, 0.6) is 0 Å². The van der Waals surface area contributed by atoms with Crippen molar-refractivity contribution in [3.63, 3.8) is 0 Å². The van der Waals surface area contributed by atoms with Crippen LogP contribution in [0.1, 0.15) is 12.8 Å². The van der Waals surface area contributed by atoms with Crippen molar-refractivity contribution in [1.29, 1.82) is 0 Å². The summed E-state index contributed by atoms with van der Waals surface area (Å²) in [6.07, 6.45) is 13.0. The van der Waals surface area contributed by atoms with E-state index in [4.69, 9.17) is 0 Å². The molecule has 0 saturated heterocycles. The highest BCUT2D eigenvalue weighted by Gasteiger charge is 2.35. The molecule has 2 aromatic heterocycles. The zero-order valence-electron chi connectivity index (χ0n) is 11.3. The van der Waals surface area contributed by atoms with E-state index >= 15 is 0 Å². The molecular weight excluding hydrogens is 248 g/mol. The van der Waals surface area contributed by atoms with Gasteiger partial charge in [-0.1, -0.05) is 12.2 Å².